The molecule has 7 atom stereocenters. The van der Waals surface area contributed by atoms with Gasteiger partial charge in [0, 0.05) is 16.7 Å². The van der Waals surface area contributed by atoms with E-state index < -0.39 is 40.2 Å². The summed E-state index contributed by atoms with van der Waals surface area (Å²) in [4.78, 5) is 53.2. The molecular formula is C33H44FN3O4. The Hall–Kier alpha value is -2.82. The number of amides is 2. The highest BCUT2D eigenvalue weighted by molar-refractivity contribution is 6.04. The number of allylic oxidation sites excluding steroid dienone is 4. The molecule has 0 saturated heterocycles. The summed E-state index contributed by atoms with van der Waals surface area (Å²) in [6.45, 7) is 13.6. The molecule has 0 spiro atoms. The van der Waals surface area contributed by atoms with Gasteiger partial charge in [-0.25, -0.2) is 4.39 Å². The quantitative estimate of drug-likeness (QED) is 0.440. The molecule has 0 bridgehead atoms. The number of fused-ring (bicyclic) bond motifs is 7. The second-order valence-corrected chi connectivity index (χ2v) is 15.5. The third-order valence-corrected chi connectivity index (χ3v) is 12.7. The van der Waals surface area contributed by atoms with E-state index in [1.54, 1.807) is 0 Å². The van der Waals surface area contributed by atoms with Crippen LogP contribution in [0.15, 0.2) is 23.3 Å². The molecular weight excluding hydrogens is 521 g/mol. The summed E-state index contributed by atoms with van der Waals surface area (Å²) in [6.07, 6.45) is 8.59. The summed E-state index contributed by atoms with van der Waals surface area (Å²) < 4.78 is 12.8. The first kappa shape index (κ1) is 29.7. The lowest BCUT2D eigenvalue weighted by atomic mass is 9.34. The Kier molecular flexibility index (Phi) is 6.58. The van der Waals surface area contributed by atoms with Crippen molar-refractivity contribution in [1.29, 1.82) is 5.26 Å². The number of carbonyl (C=O) groups excluding carboxylic acids is 4. The Morgan fingerprint density at radius 2 is 1.66 bits per heavy atom. The molecule has 0 aromatic heterocycles. The van der Waals surface area contributed by atoms with Crippen molar-refractivity contribution < 1.29 is 23.6 Å². The van der Waals surface area contributed by atoms with Gasteiger partial charge in [-0.1, -0.05) is 60.1 Å². The Morgan fingerprint density at radius 3 is 2.29 bits per heavy atom. The van der Waals surface area contributed by atoms with Gasteiger partial charge >= 0.3 is 0 Å². The summed E-state index contributed by atoms with van der Waals surface area (Å²) in [6, 6.07) is 2.14. The third-order valence-electron chi connectivity index (χ3n) is 12.7. The van der Waals surface area contributed by atoms with E-state index in [1.807, 2.05) is 26.0 Å². The zero-order valence-corrected chi connectivity index (χ0v) is 25.5. The smallest absolute Gasteiger partial charge is 0.269 e. The summed E-state index contributed by atoms with van der Waals surface area (Å²) in [5, 5.41) is 9.89. The second kappa shape index (κ2) is 9.09. The number of hydrogen-bond acceptors (Lipinski definition) is 5. The Balaban J connectivity index is 1.64. The van der Waals surface area contributed by atoms with E-state index in [4.69, 9.17) is 0 Å². The second-order valence-electron chi connectivity index (χ2n) is 15.5. The number of nitrogens with zero attached hydrogens (tertiary/aromatic N) is 1. The van der Waals surface area contributed by atoms with Crippen molar-refractivity contribution in [3.05, 3.63) is 23.3 Å². The largest absolute Gasteiger partial charge is 0.295 e. The molecule has 3 fully saturated rings. The lowest BCUT2D eigenvalue weighted by Gasteiger charge is -2.69. The van der Waals surface area contributed by atoms with Crippen LogP contribution in [0.1, 0.15) is 93.4 Å². The van der Waals surface area contributed by atoms with Crippen LogP contribution in [0.25, 0.3) is 0 Å². The average Bonchev–Trinajstić information content (AvgIpc) is 2.90. The van der Waals surface area contributed by atoms with Crippen molar-refractivity contribution in [2.45, 2.75) is 93.4 Å². The minimum absolute atomic E-state index is 0.0100. The highest BCUT2D eigenvalue weighted by atomic mass is 19.1. The summed E-state index contributed by atoms with van der Waals surface area (Å²) >= 11 is 0. The van der Waals surface area contributed by atoms with Crippen molar-refractivity contribution in [1.82, 2.24) is 10.9 Å². The fraction of sp³-hybridized carbons (Fsp3) is 0.727. The number of hydrogen-bond donors (Lipinski definition) is 2. The van der Waals surface area contributed by atoms with Crippen LogP contribution in [0.2, 0.25) is 0 Å². The molecule has 8 heteroatoms. The summed E-state index contributed by atoms with van der Waals surface area (Å²) in [5.74, 6) is -2.03. The molecule has 41 heavy (non-hydrogen) atoms. The van der Waals surface area contributed by atoms with Gasteiger partial charge in [0.15, 0.2) is 18.2 Å². The van der Waals surface area contributed by atoms with Crippen molar-refractivity contribution in [2.24, 2.45) is 50.2 Å². The Morgan fingerprint density at radius 1 is 1.00 bits per heavy atom. The molecule has 0 aliphatic heterocycles. The normalized spacial score (nSPS) is 42.2. The van der Waals surface area contributed by atoms with Crippen LogP contribution in [0.3, 0.4) is 0 Å². The predicted octanol–water partition coefficient (Wildman–Crippen LogP) is 5.32. The van der Waals surface area contributed by atoms with Crippen LogP contribution in [0, 0.1) is 61.6 Å². The van der Waals surface area contributed by atoms with Gasteiger partial charge in [0.25, 0.3) is 5.91 Å². The molecule has 2 amide bonds. The lowest BCUT2D eigenvalue weighted by Crippen LogP contribution is -2.67. The number of Topliss-reactive ketones (excluding diaryl/α,β-unsaturated/α-hetero) is 1. The number of rotatable bonds is 2. The van der Waals surface area contributed by atoms with Crippen LogP contribution >= 0.6 is 0 Å². The van der Waals surface area contributed by atoms with Gasteiger partial charge in [-0.15, -0.1) is 0 Å². The van der Waals surface area contributed by atoms with Crippen molar-refractivity contribution >= 4 is 23.4 Å². The monoisotopic (exact) mass is 565 g/mol. The molecule has 0 radical (unpaired) electrons. The van der Waals surface area contributed by atoms with E-state index >= 15 is 0 Å². The maximum absolute atomic E-state index is 14.5. The first-order valence-electron chi connectivity index (χ1n) is 15.0. The van der Waals surface area contributed by atoms with E-state index in [1.165, 1.54) is 0 Å². The van der Waals surface area contributed by atoms with Gasteiger partial charge in [0.05, 0.1) is 11.0 Å². The molecule has 7 nitrogen and oxygen atoms in total. The number of nitrogens with one attached hydrogen (secondary N) is 2. The van der Waals surface area contributed by atoms with Crippen molar-refractivity contribution in [3.63, 3.8) is 0 Å². The van der Waals surface area contributed by atoms with E-state index in [-0.39, 0.29) is 45.7 Å². The maximum Gasteiger partial charge on any atom is 0.269 e. The highest BCUT2D eigenvalue weighted by Crippen LogP contribution is 2.74. The average molecular weight is 566 g/mol. The number of nitriles is 1. The van der Waals surface area contributed by atoms with Gasteiger partial charge < -0.3 is 0 Å². The lowest BCUT2D eigenvalue weighted by molar-refractivity contribution is -0.179. The van der Waals surface area contributed by atoms with Gasteiger partial charge in [-0.3, -0.25) is 30.0 Å². The van der Waals surface area contributed by atoms with Crippen LogP contribution in [0.5, 0.6) is 0 Å². The fourth-order valence-electron chi connectivity index (χ4n) is 10.3. The molecule has 5 aliphatic carbocycles. The Bertz CT molecular complexity index is 1340. The van der Waals surface area contributed by atoms with Crippen molar-refractivity contribution in [3.8, 4) is 6.07 Å². The van der Waals surface area contributed by atoms with E-state index in [2.05, 4.69) is 51.5 Å². The molecule has 5 aliphatic rings. The minimum atomic E-state index is -1.22. The van der Waals surface area contributed by atoms with Crippen LogP contribution in [-0.4, -0.2) is 30.1 Å². The topological polar surface area (TPSA) is 116 Å². The van der Waals surface area contributed by atoms with E-state index in [0.717, 1.165) is 24.8 Å². The molecule has 0 aromatic carbocycles. The van der Waals surface area contributed by atoms with Gasteiger partial charge in [0.1, 0.15) is 6.07 Å². The molecule has 3 saturated carbocycles. The zero-order chi connectivity index (χ0) is 30.4. The number of alkyl halides is 1. The third kappa shape index (κ3) is 3.86. The molecule has 2 N–H and O–H groups in total. The molecule has 0 heterocycles. The number of ketones is 2. The molecule has 0 unspecified atom stereocenters. The summed E-state index contributed by atoms with van der Waals surface area (Å²) in [7, 11) is 0. The highest BCUT2D eigenvalue weighted by Gasteiger charge is 2.70. The predicted molar refractivity (Wildman–Crippen MR) is 151 cm³/mol. The summed E-state index contributed by atoms with van der Waals surface area (Å²) in [5.41, 5.74) is 2.82. The number of carbonyl (C=O) groups is 4. The molecule has 222 valence electrons. The first-order valence-corrected chi connectivity index (χ1v) is 15.0. The van der Waals surface area contributed by atoms with Gasteiger partial charge in [-0.2, -0.15) is 5.26 Å². The number of hydrazine groups is 1. The Labute approximate surface area is 242 Å². The van der Waals surface area contributed by atoms with E-state index in [9.17, 15) is 28.8 Å². The first-order chi connectivity index (χ1) is 18.9. The SMILES string of the molecule is CC1(C)CC[C@]2(C(=O)NNC(=O)CF)CC[C@]3(C)[C@H](C(=O)C=C4[C@@]5(C)C=C(C#N)C(=O)C(C)(C)[C@@H]5CC[C@]43C)[C@@H]2C1. The maximum atomic E-state index is 14.5. The standard InChI is InChI=1S/C33H44FN3O4/c1-28(2)10-12-33(27(41)37-36-24(39)17-34)13-11-32(7)25(20(33)16-28)21(38)14-23-30(5)15-19(18-35)26(40)29(3,4)22(30)8-9-31(23,32)6/h14-15,20,22,25H,8-13,16-17H2,1-7H3,(H,36,39)(H,37,41)/t20-,22-,25-,30-,31+,32+,33-/m0/s1. The number of halogens is 1. The minimum Gasteiger partial charge on any atom is -0.295 e. The van der Waals surface area contributed by atoms with E-state index in [0.29, 0.717) is 25.7 Å². The zero-order valence-electron chi connectivity index (χ0n) is 25.5. The van der Waals surface area contributed by atoms with Gasteiger partial charge in [-0.05, 0) is 79.1 Å². The van der Waals surface area contributed by atoms with Crippen LogP contribution in [0.4, 0.5) is 4.39 Å². The van der Waals surface area contributed by atoms with Gasteiger partial charge in [0.2, 0.25) is 5.91 Å². The molecule has 5 rings (SSSR count). The van der Waals surface area contributed by atoms with Crippen molar-refractivity contribution in [2.75, 3.05) is 6.67 Å². The van der Waals surface area contributed by atoms with Crippen LogP contribution in [-0.2, 0) is 19.2 Å². The fourth-order valence-corrected chi connectivity index (χ4v) is 10.3. The molecule has 0 aromatic rings. The van der Waals surface area contributed by atoms with Crippen LogP contribution < -0.4 is 10.9 Å².